The minimum absolute atomic E-state index is 0.0900. The summed E-state index contributed by atoms with van der Waals surface area (Å²) in [7, 11) is 1.68. The van der Waals surface area contributed by atoms with Gasteiger partial charge in [-0.25, -0.2) is 4.79 Å². The Morgan fingerprint density at radius 3 is 2.60 bits per heavy atom. The van der Waals surface area contributed by atoms with Gasteiger partial charge in [-0.3, -0.25) is 23.7 Å². The van der Waals surface area contributed by atoms with Gasteiger partial charge >= 0.3 is 5.69 Å². The third-order valence-corrected chi connectivity index (χ3v) is 6.59. The lowest BCUT2D eigenvalue weighted by atomic mass is 10.0. The number of hydrogen-bond donors (Lipinski definition) is 1. The van der Waals surface area contributed by atoms with Crippen LogP contribution in [0.25, 0.3) is 0 Å². The number of thioether (sulfide) groups is 1. The average molecular weight is 423 g/mol. The Morgan fingerprint density at radius 2 is 1.87 bits per heavy atom. The summed E-state index contributed by atoms with van der Waals surface area (Å²) in [6, 6.07) is 13.1. The Morgan fingerprint density at radius 1 is 1.13 bits per heavy atom. The van der Waals surface area contributed by atoms with Gasteiger partial charge in [0.05, 0.1) is 17.5 Å². The van der Waals surface area contributed by atoms with Gasteiger partial charge in [-0.05, 0) is 29.7 Å². The minimum Gasteiger partial charge on any atom is -0.352 e. The molecule has 3 heterocycles. The first kappa shape index (κ1) is 20.2. The van der Waals surface area contributed by atoms with E-state index in [2.05, 4.69) is 10.3 Å². The van der Waals surface area contributed by atoms with Crippen molar-refractivity contribution in [1.82, 2.24) is 19.4 Å². The summed E-state index contributed by atoms with van der Waals surface area (Å²) in [5.41, 5.74) is 1.74. The molecule has 154 valence electrons. The Hall–Kier alpha value is -3.13. The fraction of sp³-hybridized carbons (Fsp3) is 0.273. The molecule has 0 bridgehead atoms. The van der Waals surface area contributed by atoms with E-state index in [9.17, 15) is 14.4 Å². The van der Waals surface area contributed by atoms with E-state index >= 15 is 0 Å². The molecule has 1 aliphatic heterocycles. The van der Waals surface area contributed by atoms with Gasteiger partial charge in [0, 0.05) is 37.3 Å². The van der Waals surface area contributed by atoms with E-state index in [0.29, 0.717) is 29.3 Å². The molecule has 1 aliphatic rings. The van der Waals surface area contributed by atoms with E-state index in [1.165, 1.54) is 20.9 Å². The van der Waals surface area contributed by atoms with Crippen LogP contribution < -0.4 is 16.6 Å². The number of hydrogen-bond acceptors (Lipinski definition) is 5. The number of carbonyl (C=O) groups excluding carboxylic acids is 1. The van der Waals surface area contributed by atoms with E-state index in [4.69, 9.17) is 0 Å². The number of nitrogens with one attached hydrogen (secondary N) is 1. The van der Waals surface area contributed by atoms with E-state index in [0.717, 1.165) is 11.1 Å². The molecule has 0 spiro atoms. The van der Waals surface area contributed by atoms with Crippen molar-refractivity contribution in [2.75, 3.05) is 5.75 Å². The number of nitrogens with zero attached hydrogens (tertiary/aromatic N) is 3. The monoisotopic (exact) mass is 422 g/mol. The van der Waals surface area contributed by atoms with Gasteiger partial charge in [-0.2, -0.15) is 0 Å². The predicted octanol–water partition coefficient (Wildman–Crippen LogP) is 1.57. The first-order valence-electron chi connectivity index (χ1n) is 9.70. The summed E-state index contributed by atoms with van der Waals surface area (Å²) in [6.45, 7) is 0.629. The molecule has 4 rings (SSSR count). The highest BCUT2D eigenvalue weighted by atomic mass is 32.2. The number of carbonyl (C=O) groups is 1. The smallest absolute Gasteiger partial charge is 0.331 e. The number of fused-ring (bicyclic) bond motifs is 1. The number of benzene rings is 1. The second-order valence-corrected chi connectivity index (χ2v) is 8.30. The van der Waals surface area contributed by atoms with E-state index in [1.54, 1.807) is 19.4 Å². The third kappa shape index (κ3) is 4.09. The van der Waals surface area contributed by atoms with Crippen LogP contribution in [0.5, 0.6) is 0 Å². The van der Waals surface area contributed by atoms with Crippen molar-refractivity contribution in [3.05, 3.63) is 92.4 Å². The lowest BCUT2D eigenvalue weighted by molar-refractivity contribution is -0.124. The van der Waals surface area contributed by atoms with Gasteiger partial charge in [0.25, 0.3) is 5.56 Å². The van der Waals surface area contributed by atoms with Crippen LogP contribution in [0, 0.1) is 5.92 Å². The molecule has 0 saturated heterocycles. The molecular weight excluding hydrogens is 400 g/mol. The number of amides is 1. The fourth-order valence-corrected chi connectivity index (χ4v) is 4.81. The molecule has 0 aliphatic carbocycles. The molecule has 0 radical (unpaired) electrons. The van der Waals surface area contributed by atoms with Crippen molar-refractivity contribution in [2.45, 2.75) is 24.5 Å². The normalized spacial score (nSPS) is 15.4. The van der Waals surface area contributed by atoms with Crippen LogP contribution in [0.3, 0.4) is 0 Å². The maximum Gasteiger partial charge on any atom is 0.331 e. The number of rotatable bonds is 5. The van der Waals surface area contributed by atoms with E-state index < -0.39 is 0 Å². The molecule has 1 N–H and O–H groups in total. The summed E-state index contributed by atoms with van der Waals surface area (Å²) in [6.07, 6.45) is 3.69. The molecule has 8 heteroatoms. The quantitative estimate of drug-likeness (QED) is 0.631. The van der Waals surface area contributed by atoms with Gasteiger partial charge in [0.2, 0.25) is 5.91 Å². The Balaban J connectivity index is 1.57. The maximum absolute atomic E-state index is 13.1. The standard InChI is InChI=1S/C22H22N4O3S/c1-25-21-18(20(28)26(22(25)29)13-16-5-3-2-4-6-16)11-17(14-30-21)19(27)24-12-15-7-9-23-10-8-15/h2-10,17H,11-14H2,1H3,(H,24,27). The highest BCUT2D eigenvalue weighted by Crippen LogP contribution is 2.30. The Bertz CT molecular complexity index is 1170. The fourth-order valence-electron chi connectivity index (χ4n) is 3.56. The molecule has 1 aromatic carbocycles. The first-order chi connectivity index (χ1) is 14.5. The van der Waals surface area contributed by atoms with Crippen LogP contribution >= 0.6 is 11.8 Å². The van der Waals surface area contributed by atoms with Crippen molar-refractivity contribution in [2.24, 2.45) is 13.0 Å². The lowest BCUT2D eigenvalue weighted by Gasteiger charge is -2.25. The van der Waals surface area contributed by atoms with E-state index in [1.807, 2.05) is 42.5 Å². The van der Waals surface area contributed by atoms with Crippen LogP contribution in [-0.2, 0) is 31.4 Å². The van der Waals surface area contributed by atoms with Crippen molar-refractivity contribution in [3.63, 3.8) is 0 Å². The van der Waals surface area contributed by atoms with Gasteiger partial charge < -0.3 is 5.32 Å². The molecule has 30 heavy (non-hydrogen) atoms. The van der Waals surface area contributed by atoms with Crippen LogP contribution in [0.4, 0.5) is 0 Å². The lowest BCUT2D eigenvalue weighted by Crippen LogP contribution is -2.45. The van der Waals surface area contributed by atoms with Gasteiger partial charge in [0.1, 0.15) is 0 Å². The summed E-state index contributed by atoms with van der Waals surface area (Å²) < 4.78 is 2.78. The minimum atomic E-state index is -0.337. The molecule has 1 unspecified atom stereocenters. The molecule has 2 aromatic heterocycles. The maximum atomic E-state index is 13.1. The van der Waals surface area contributed by atoms with Crippen molar-refractivity contribution >= 4 is 17.7 Å². The molecule has 0 fully saturated rings. The SMILES string of the molecule is Cn1c2c(c(=O)n(Cc3ccccc3)c1=O)CC(C(=O)NCc1ccncc1)CS2. The van der Waals surface area contributed by atoms with Crippen molar-refractivity contribution < 1.29 is 4.79 Å². The van der Waals surface area contributed by atoms with E-state index in [-0.39, 0.29) is 29.6 Å². The molecule has 1 atom stereocenters. The third-order valence-electron chi connectivity index (χ3n) is 5.23. The number of aromatic nitrogens is 3. The summed E-state index contributed by atoms with van der Waals surface area (Å²) in [4.78, 5) is 42.6. The summed E-state index contributed by atoms with van der Waals surface area (Å²) in [5, 5.41) is 3.60. The zero-order chi connectivity index (χ0) is 21.1. The van der Waals surface area contributed by atoms with Gasteiger partial charge in [0.15, 0.2) is 0 Å². The molecule has 3 aromatic rings. The predicted molar refractivity (Wildman–Crippen MR) is 115 cm³/mol. The van der Waals surface area contributed by atoms with Gasteiger partial charge in [-0.15, -0.1) is 11.8 Å². The molecule has 7 nitrogen and oxygen atoms in total. The van der Waals surface area contributed by atoms with Crippen LogP contribution in [0.1, 0.15) is 16.7 Å². The zero-order valence-electron chi connectivity index (χ0n) is 16.6. The molecular formula is C22H22N4O3S. The second kappa shape index (κ2) is 8.71. The molecule has 0 saturated carbocycles. The van der Waals surface area contributed by atoms with Crippen molar-refractivity contribution in [1.29, 1.82) is 0 Å². The largest absolute Gasteiger partial charge is 0.352 e. The Labute approximate surface area is 177 Å². The highest BCUT2D eigenvalue weighted by Gasteiger charge is 2.30. The topological polar surface area (TPSA) is 86.0 Å². The van der Waals surface area contributed by atoms with Crippen LogP contribution in [0.15, 0.2) is 69.5 Å². The highest BCUT2D eigenvalue weighted by molar-refractivity contribution is 7.99. The van der Waals surface area contributed by atoms with Crippen LogP contribution in [0.2, 0.25) is 0 Å². The van der Waals surface area contributed by atoms with Crippen molar-refractivity contribution in [3.8, 4) is 0 Å². The average Bonchev–Trinajstić information content (AvgIpc) is 2.80. The number of pyridine rings is 1. The first-order valence-corrected chi connectivity index (χ1v) is 10.7. The molecule has 1 amide bonds. The zero-order valence-corrected chi connectivity index (χ0v) is 17.4. The Kier molecular flexibility index (Phi) is 5.85. The second-order valence-electron chi connectivity index (χ2n) is 7.29. The van der Waals surface area contributed by atoms with Crippen LogP contribution in [-0.4, -0.2) is 25.8 Å². The van der Waals surface area contributed by atoms with Gasteiger partial charge in [-0.1, -0.05) is 30.3 Å². The summed E-state index contributed by atoms with van der Waals surface area (Å²) in [5.74, 6) is 0.123. The summed E-state index contributed by atoms with van der Waals surface area (Å²) >= 11 is 1.40.